The minimum atomic E-state index is 0.0792. The van der Waals surface area contributed by atoms with Gasteiger partial charge in [0.1, 0.15) is 0 Å². The minimum Gasteiger partial charge on any atom is -0.334 e. The maximum absolute atomic E-state index is 12.8. The molecular formula is C18H24N4O. The molecular weight excluding hydrogens is 288 g/mol. The lowest BCUT2D eigenvalue weighted by molar-refractivity contribution is 0.0573. The number of carbonyl (C=O) groups excluding carboxylic acids is 1. The van der Waals surface area contributed by atoms with Gasteiger partial charge in [0.05, 0.1) is 11.4 Å². The molecule has 1 aromatic heterocycles. The van der Waals surface area contributed by atoms with Crippen molar-refractivity contribution in [2.24, 2.45) is 11.7 Å². The number of nitrogens with zero attached hydrogens (tertiary/aromatic N) is 3. The number of aromatic nitrogens is 2. The van der Waals surface area contributed by atoms with E-state index in [1.165, 1.54) is 0 Å². The average Bonchev–Trinajstić information content (AvgIpc) is 3.00. The maximum Gasteiger partial charge on any atom is 0.254 e. The standard InChI is InChI=1S/C18H24N4O/c1-13-7-9-21(17(11-13)12-19)18(23)15-3-5-16(6-4-15)22-10-8-14(2)20-22/h3-6,8,10,13,17H,7,9,11-12,19H2,1-2H3. The zero-order chi connectivity index (χ0) is 16.4. The Bertz CT molecular complexity index is 677. The highest BCUT2D eigenvalue weighted by Crippen LogP contribution is 2.24. The molecule has 2 heterocycles. The molecule has 0 spiro atoms. The van der Waals surface area contributed by atoms with Gasteiger partial charge in [0.25, 0.3) is 5.91 Å². The molecule has 0 aliphatic carbocycles. The highest BCUT2D eigenvalue weighted by atomic mass is 16.2. The van der Waals surface area contributed by atoms with E-state index in [1.54, 1.807) is 0 Å². The maximum atomic E-state index is 12.8. The minimum absolute atomic E-state index is 0.0792. The van der Waals surface area contributed by atoms with E-state index in [1.807, 2.05) is 53.0 Å². The molecule has 5 heteroatoms. The molecule has 1 saturated heterocycles. The van der Waals surface area contributed by atoms with Crippen LogP contribution in [0.4, 0.5) is 0 Å². The summed E-state index contributed by atoms with van der Waals surface area (Å²) in [7, 11) is 0. The van der Waals surface area contributed by atoms with Crippen molar-refractivity contribution in [3.63, 3.8) is 0 Å². The van der Waals surface area contributed by atoms with Crippen LogP contribution in [-0.2, 0) is 0 Å². The number of amides is 1. The Hall–Kier alpha value is -2.14. The number of nitrogens with two attached hydrogens (primary N) is 1. The average molecular weight is 312 g/mol. The van der Waals surface area contributed by atoms with E-state index in [0.29, 0.717) is 18.0 Å². The van der Waals surface area contributed by atoms with E-state index < -0.39 is 0 Å². The van der Waals surface area contributed by atoms with Gasteiger partial charge < -0.3 is 10.6 Å². The number of piperidine rings is 1. The number of carbonyl (C=O) groups is 1. The van der Waals surface area contributed by atoms with Crippen molar-refractivity contribution in [2.75, 3.05) is 13.1 Å². The van der Waals surface area contributed by atoms with Crippen molar-refractivity contribution in [1.82, 2.24) is 14.7 Å². The van der Waals surface area contributed by atoms with E-state index in [4.69, 9.17) is 5.73 Å². The predicted molar refractivity (Wildman–Crippen MR) is 90.6 cm³/mol. The number of hydrogen-bond donors (Lipinski definition) is 1. The molecule has 1 aliphatic heterocycles. The van der Waals surface area contributed by atoms with Crippen LogP contribution < -0.4 is 5.73 Å². The fraction of sp³-hybridized carbons (Fsp3) is 0.444. The Labute approximate surface area is 137 Å². The summed E-state index contributed by atoms with van der Waals surface area (Å²) in [5.41, 5.74) is 8.51. The first-order valence-corrected chi connectivity index (χ1v) is 8.22. The summed E-state index contributed by atoms with van der Waals surface area (Å²) in [6, 6.07) is 9.73. The molecule has 2 unspecified atom stereocenters. The second kappa shape index (κ2) is 6.54. The van der Waals surface area contributed by atoms with Crippen LogP contribution in [-0.4, -0.2) is 39.7 Å². The number of likely N-dealkylation sites (tertiary alicyclic amines) is 1. The predicted octanol–water partition coefficient (Wildman–Crippen LogP) is 2.38. The Morgan fingerprint density at radius 3 is 2.65 bits per heavy atom. The Balaban J connectivity index is 1.77. The summed E-state index contributed by atoms with van der Waals surface area (Å²) in [6.07, 6.45) is 3.96. The Morgan fingerprint density at radius 2 is 2.04 bits per heavy atom. The topological polar surface area (TPSA) is 64.2 Å². The van der Waals surface area contributed by atoms with Crippen LogP contribution in [0.3, 0.4) is 0 Å². The Morgan fingerprint density at radius 1 is 1.30 bits per heavy atom. The lowest BCUT2D eigenvalue weighted by Crippen LogP contribution is -2.49. The van der Waals surface area contributed by atoms with Gasteiger partial charge in [-0.15, -0.1) is 0 Å². The molecule has 5 nitrogen and oxygen atoms in total. The number of rotatable bonds is 3. The Kier molecular flexibility index (Phi) is 4.48. The highest BCUT2D eigenvalue weighted by Gasteiger charge is 2.29. The van der Waals surface area contributed by atoms with Crippen molar-refractivity contribution in [3.8, 4) is 5.69 Å². The zero-order valence-electron chi connectivity index (χ0n) is 13.8. The summed E-state index contributed by atoms with van der Waals surface area (Å²) in [6.45, 7) is 5.51. The van der Waals surface area contributed by atoms with Gasteiger partial charge in [-0.25, -0.2) is 4.68 Å². The lowest BCUT2D eigenvalue weighted by atomic mass is 9.92. The molecule has 0 saturated carbocycles. The van der Waals surface area contributed by atoms with Crippen LogP contribution in [0, 0.1) is 12.8 Å². The van der Waals surface area contributed by atoms with Gasteiger partial charge in [0.15, 0.2) is 0 Å². The van der Waals surface area contributed by atoms with Crippen molar-refractivity contribution < 1.29 is 4.79 Å². The van der Waals surface area contributed by atoms with Gasteiger partial charge in [0, 0.05) is 30.9 Å². The van der Waals surface area contributed by atoms with Crippen molar-refractivity contribution >= 4 is 5.91 Å². The first-order chi connectivity index (χ1) is 11.1. The molecule has 3 rings (SSSR count). The SMILES string of the molecule is Cc1ccn(-c2ccc(C(=O)N3CCC(C)CC3CN)cc2)n1. The summed E-state index contributed by atoms with van der Waals surface area (Å²) in [5.74, 6) is 0.716. The van der Waals surface area contributed by atoms with Crippen LogP contribution >= 0.6 is 0 Å². The van der Waals surface area contributed by atoms with E-state index in [0.717, 1.165) is 30.8 Å². The zero-order valence-corrected chi connectivity index (χ0v) is 13.8. The molecule has 2 atom stereocenters. The first kappa shape index (κ1) is 15.7. The second-order valence-corrected chi connectivity index (χ2v) is 6.47. The van der Waals surface area contributed by atoms with Crippen molar-refractivity contribution in [1.29, 1.82) is 0 Å². The van der Waals surface area contributed by atoms with Gasteiger partial charge >= 0.3 is 0 Å². The summed E-state index contributed by atoms with van der Waals surface area (Å²) in [5, 5.41) is 4.38. The molecule has 2 N–H and O–H groups in total. The molecule has 2 aromatic rings. The molecule has 1 aromatic carbocycles. The third-order valence-electron chi connectivity index (χ3n) is 4.61. The van der Waals surface area contributed by atoms with Crippen LogP contribution in [0.5, 0.6) is 0 Å². The third-order valence-corrected chi connectivity index (χ3v) is 4.61. The molecule has 1 amide bonds. The fourth-order valence-electron chi connectivity index (χ4n) is 3.22. The lowest BCUT2D eigenvalue weighted by Gasteiger charge is -2.38. The van der Waals surface area contributed by atoms with Gasteiger partial charge in [-0.1, -0.05) is 6.92 Å². The first-order valence-electron chi connectivity index (χ1n) is 8.22. The number of aryl methyl sites for hydroxylation is 1. The molecule has 0 bridgehead atoms. The van der Waals surface area contributed by atoms with Gasteiger partial charge in [-0.05, 0) is 56.0 Å². The smallest absolute Gasteiger partial charge is 0.254 e. The number of hydrogen-bond acceptors (Lipinski definition) is 3. The van der Waals surface area contributed by atoms with E-state index in [9.17, 15) is 4.79 Å². The van der Waals surface area contributed by atoms with Crippen LogP contribution in [0.15, 0.2) is 36.5 Å². The third kappa shape index (κ3) is 3.29. The largest absolute Gasteiger partial charge is 0.334 e. The van der Waals surface area contributed by atoms with Crippen LogP contribution in [0.1, 0.15) is 35.8 Å². The monoisotopic (exact) mass is 312 g/mol. The fourth-order valence-corrected chi connectivity index (χ4v) is 3.22. The summed E-state index contributed by atoms with van der Waals surface area (Å²) >= 11 is 0. The molecule has 122 valence electrons. The normalized spacial score (nSPS) is 21.4. The van der Waals surface area contributed by atoms with E-state index >= 15 is 0 Å². The molecule has 0 radical (unpaired) electrons. The molecule has 23 heavy (non-hydrogen) atoms. The van der Waals surface area contributed by atoms with Crippen molar-refractivity contribution in [2.45, 2.75) is 32.7 Å². The van der Waals surface area contributed by atoms with E-state index in [-0.39, 0.29) is 11.9 Å². The van der Waals surface area contributed by atoms with Crippen LogP contribution in [0.25, 0.3) is 5.69 Å². The summed E-state index contributed by atoms with van der Waals surface area (Å²) in [4.78, 5) is 14.7. The number of benzene rings is 1. The molecule has 1 fully saturated rings. The quantitative estimate of drug-likeness (QED) is 0.946. The summed E-state index contributed by atoms with van der Waals surface area (Å²) < 4.78 is 1.81. The van der Waals surface area contributed by atoms with Gasteiger partial charge in [-0.2, -0.15) is 5.10 Å². The second-order valence-electron chi connectivity index (χ2n) is 6.47. The van der Waals surface area contributed by atoms with Crippen LogP contribution in [0.2, 0.25) is 0 Å². The van der Waals surface area contributed by atoms with E-state index in [2.05, 4.69) is 12.0 Å². The van der Waals surface area contributed by atoms with Crippen molar-refractivity contribution in [3.05, 3.63) is 47.8 Å². The molecule has 1 aliphatic rings. The highest BCUT2D eigenvalue weighted by molar-refractivity contribution is 5.94. The van der Waals surface area contributed by atoms with Gasteiger partial charge in [0.2, 0.25) is 0 Å². The van der Waals surface area contributed by atoms with Gasteiger partial charge in [-0.3, -0.25) is 4.79 Å².